The van der Waals surface area contributed by atoms with E-state index < -0.39 is 15.9 Å². The highest BCUT2D eigenvalue weighted by Crippen LogP contribution is 2.28. The first kappa shape index (κ1) is 17.0. The van der Waals surface area contributed by atoms with Crippen LogP contribution < -0.4 is 15.4 Å². The maximum Gasteiger partial charge on any atom is 0.291 e. The second-order valence-corrected chi connectivity index (χ2v) is 7.28. The highest BCUT2D eigenvalue weighted by Gasteiger charge is 2.17. The SMILES string of the molecule is CN(C)c1ccc(S(N)(=O)=O)cc1NC(=O)c1cc2ccccc2o1. The minimum Gasteiger partial charge on any atom is -0.451 e. The van der Waals surface area contributed by atoms with Crippen LogP contribution in [0.1, 0.15) is 10.6 Å². The van der Waals surface area contributed by atoms with Crippen molar-refractivity contribution in [3.63, 3.8) is 0 Å². The molecule has 0 bridgehead atoms. The van der Waals surface area contributed by atoms with Crippen LogP contribution in [0.25, 0.3) is 11.0 Å². The molecule has 0 radical (unpaired) electrons. The highest BCUT2D eigenvalue weighted by atomic mass is 32.2. The zero-order valence-electron chi connectivity index (χ0n) is 13.7. The smallest absolute Gasteiger partial charge is 0.291 e. The van der Waals surface area contributed by atoms with Crippen LogP contribution in [0.5, 0.6) is 0 Å². The summed E-state index contributed by atoms with van der Waals surface area (Å²) in [5.74, 6) is -0.349. The van der Waals surface area contributed by atoms with Gasteiger partial charge in [0.25, 0.3) is 5.91 Å². The number of hydrogen-bond donors (Lipinski definition) is 2. The molecule has 0 unspecified atom stereocenters. The first-order valence-corrected chi connectivity index (χ1v) is 8.94. The molecule has 0 aliphatic heterocycles. The molecule has 1 amide bonds. The number of amides is 1. The number of carbonyl (C=O) groups excluding carboxylic acids is 1. The lowest BCUT2D eigenvalue weighted by molar-refractivity contribution is 0.0998. The number of nitrogens with zero attached hydrogens (tertiary/aromatic N) is 1. The van der Waals surface area contributed by atoms with Gasteiger partial charge in [-0.15, -0.1) is 0 Å². The van der Waals surface area contributed by atoms with E-state index in [1.807, 2.05) is 18.2 Å². The average Bonchev–Trinajstić information content (AvgIpc) is 2.98. The van der Waals surface area contributed by atoms with Crippen molar-refractivity contribution in [1.29, 1.82) is 0 Å². The number of benzene rings is 2. The average molecular weight is 359 g/mol. The maximum atomic E-state index is 12.5. The Morgan fingerprint density at radius 3 is 2.48 bits per heavy atom. The van der Waals surface area contributed by atoms with Crippen molar-refractivity contribution in [2.45, 2.75) is 4.90 Å². The van der Waals surface area contributed by atoms with Crippen LogP contribution in [0, 0.1) is 0 Å². The van der Waals surface area contributed by atoms with Crippen molar-refractivity contribution < 1.29 is 17.6 Å². The Bertz CT molecular complexity index is 1020. The molecule has 8 heteroatoms. The third-order valence-electron chi connectivity index (χ3n) is 3.68. The molecule has 0 atom stereocenters. The van der Waals surface area contributed by atoms with Gasteiger partial charge >= 0.3 is 0 Å². The molecule has 3 rings (SSSR count). The Balaban J connectivity index is 1.99. The van der Waals surface area contributed by atoms with Crippen LogP contribution in [0.15, 0.2) is 57.8 Å². The van der Waals surface area contributed by atoms with Gasteiger partial charge in [0.2, 0.25) is 10.0 Å². The third-order valence-corrected chi connectivity index (χ3v) is 4.59. The number of carbonyl (C=O) groups is 1. The van der Waals surface area contributed by atoms with Crippen molar-refractivity contribution in [3.8, 4) is 0 Å². The topological polar surface area (TPSA) is 106 Å². The summed E-state index contributed by atoms with van der Waals surface area (Å²) in [6, 6.07) is 13.2. The Morgan fingerprint density at radius 1 is 1.12 bits per heavy atom. The summed E-state index contributed by atoms with van der Waals surface area (Å²) in [7, 11) is -0.321. The monoisotopic (exact) mass is 359 g/mol. The molecule has 3 N–H and O–H groups in total. The number of nitrogens with one attached hydrogen (secondary N) is 1. The molecule has 2 aromatic carbocycles. The van der Waals surface area contributed by atoms with Crippen LogP contribution in [-0.4, -0.2) is 28.4 Å². The van der Waals surface area contributed by atoms with Crippen molar-refractivity contribution in [2.75, 3.05) is 24.3 Å². The fourth-order valence-corrected chi connectivity index (χ4v) is 3.00. The van der Waals surface area contributed by atoms with Gasteiger partial charge in [0.1, 0.15) is 5.58 Å². The van der Waals surface area contributed by atoms with Crippen molar-refractivity contribution in [2.24, 2.45) is 5.14 Å². The predicted molar refractivity (Wildman–Crippen MR) is 96.3 cm³/mol. The van der Waals surface area contributed by atoms with Gasteiger partial charge in [0.05, 0.1) is 16.3 Å². The van der Waals surface area contributed by atoms with Crippen molar-refractivity contribution in [3.05, 3.63) is 54.3 Å². The predicted octanol–water partition coefficient (Wildman–Crippen LogP) is 2.40. The van der Waals surface area contributed by atoms with Gasteiger partial charge in [-0.2, -0.15) is 0 Å². The summed E-state index contributed by atoms with van der Waals surface area (Å²) >= 11 is 0. The lowest BCUT2D eigenvalue weighted by Gasteiger charge is -2.18. The molecule has 0 fully saturated rings. The van der Waals surface area contributed by atoms with E-state index in [4.69, 9.17) is 9.56 Å². The van der Waals surface area contributed by atoms with E-state index in [1.54, 1.807) is 37.2 Å². The van der Waals surface area contributed by atoms with Crippen LogP contribution in [-0.2, 0) is 10.0 Å². The number of para-hydroxylation sites is 1. The van der Waals surface area contributed by atoms with Gasteiger partial charge in [0, 0.05) is 19.5 Å². The first-order chi connectivity index (χ1) is 11.8. The molecular weight excluding hydrogens is 342 g/mol. The molecule has 25 heavy (non-hydrogen) atoms. The Morgan fingerprint density at radius 2 is 1.84 bits per heavy atom. The van der Waals surface area contributed by atoms with Crippen LogP contribution >= 0.6 is 0 Å². The third kappa shape index (κ3) is 3.49. The molecule has 0 spiro atoms. The van der Waals surface area contributed by atoms with Crippen molar-refractivity contribution in [1.82, 2.24) is 0 Å². The lowest BCUT2D eigenvalue weighted by Crippen LogP contribution is -2.18. The highest BCUT2D eigenvalue weighted by molar-refractivity contribution is 7.89. The first-order valence-electron chi connectivity index (χ1n) is 7.40. The molecule has 0 aliphatic carbocycles. The number of sulfonamides is 1. The van der Waals surface area contributed by atoms with Crippen molar-refractivity contribution >= 4 is 38.3 Å². The van der Waals surface area contributed by atoms with E-state index >= 15 is 0 Å². The zero-order valence-corrected chi connectivity index (χ0v) is 14.5. The van der Waals surface area contributed by atoms with Gasteiger partial charge in [-0.05, 0) is 30.3 Å². The Kier molecular flexibility index (Phi) is 4.23. The van der Waals surface area contributed by atoms with Gasteiger partial charge in [-0.25, -0.2) is 13.6 Å². The summed E-state index contributed by atoms with van der Waals surface area (Å²) in [4.78, 5) is 14.2. The fraction of sp³-hybridized carbons (Fsp3) is 0.118. The van der Waals surface area contributed by atoms with E-state index in [9.17, 15) is 13.2 Å². The van der Waals surface area contributed by atoms with E-state index in [-0.39, 0.29) is 10.7 Å². The van der Waals surface area contributed by atoms with E-state index in [0.717, 1.165) is 5.39 Å². The molecule has 0 saturated carbocycles. The molecule has 1 heterocycles. The number of nitrogens with two attached hydrogens (primary N) is 1. The Labute approximate surface area is 145 Å². The molecule has 0 aliphatic rings. The van der Waals surface area contributed by atoms with Gasteiger partial charge < -0.3 is 14.6 Å². The number of anilines is 2. The number of furan rings is 1. The summed E-state index contributed by atoms with van der Waals surface area (Å²) in [5.41, 5.74) is 1.55. The van der Waals surface area contributed by atoms with E-state index in [2.05, 4.69) is 5.32 Å². The largest absolute Gasteiger partial charge is 0.451 e. The lowest BCUT2D eigenvalue weighted by atomic mass is 10.2. The fourth-order valence-electron chi connectivity index (χ4n) is 2.46. The van der Waals surface area contributed by atoms with Gasteiger partial charge in [-0.3, -0.25) is 4.79 Å². The number of rotatable bonds is 4. The van der Waals surface area contributed by atoms with Crippen LogP contribution in [0.2, 0.25) is 0 Å². The Hall–Kier alpha value is -2.84. The second-order valence-electron chi connectivity index (χ2n) is 5.72. The minimum atomic E-state index is -3.88. The summed E-state index contributed by atoms with van der Waals surface area (Å²) in [5, 5.41) is 8.66. The molecule has 3 aromatic rings. The maximum absolute atomic E-state index is 12.5. The molecule has 0 saturated heterocycles. The normalized spacial score (nSPS) is 11.5. The zero-order chi connectivity index (χ0) is 18.2. The molecule has 7 nitrogen and oxygen atoms in total. The van der Waals surface area contributed by atoms with E-state index in [0.29, 0.717) is 17.0 Å². The number of fused-ring (bicyclic) bond motifs is 1. The molecule has 1 aromatic heterocycles. The molecular formula is C17H17N3O4S. The van der Waals surface area contributed by atoms with Crippen LogP contribution in [0.3, 0.4) is 0 Å². The summed E-state index contributed by atoms with van der Waals surface area (Å²) in [6.07, 6.45) is 0. The quantitative estimate of drug-likeness (QED) is 0.744. The molecule has 130 valence electrons. The standard InChI is InChI=1S/C17H17N3O4S/c1-20(2)14-8-7-12(25(18,22)23)10-13(14)19-17(21)16-9-11-5-3-4-6-15(11)24-16/h3-10H,1-2H3,(H,19,21)(H2,18,22,23). The number of primary sulfonamides is 1. The number of hydrogen-bond acceptors (Lipinski definition) is 5. The summed E-state index contributed by atoms with van der Waals surface area (Å²) < 4.78 is 28.7. The second kappa shape index (κ2) is 6.23. The van der Waals surface area contributed by atoms with Gasteiger partial charge in [0.15, 0.2) is 5.76 Å². The minimum absolute atomic E-state index is 0.0852. The van der Waals surface area contributed by atoms with Gasteiger partial charge in [-0.1, -0.05) is 18.2 Å². The summed E-state index contributed by atoms with van der Waals surface area (Å²) in [6.45, 7) is 0. The van der Waals surface area contributed by atoms with Crippen LogP contribution in [0.4, 0.5) is 11.4 Å². The van der Waals surface area contributed by atoms with E-state index in [1.165, 1.54) is 12.1 Å².